The average Bonchev–Trinajstić information content (AvgIpc) is 1.96. The zero-order valence-corrected chi connectivity index (χ0v) is 8.63. The highest BCUT2D eigenvalue weighted by Crippen LogP contribution is 2.28. The number of hydrogen-bond donors (Lipinski definition) is 2. The van der Waals surface area contributed by atoms with E-state index >= 15 is 0 Å². The first-order valence-corrected chi connectivity index (χ1v) is 4.50. The van der Waals surface area contributed by atoms with Crippen molar-refractivity contribution < 1.29 is 15.0 Å². The summed E-state index contributed by atoms with van der Waals surface area (Å²) in [6.45, 7) is 1.83. The molecule has 0 aliphatic rings. The van der Waals surface area contributed by atoms with E-state index in [0.717, 1.165) is 5.56 Å². The van der Waals surface area contributed by atoms with Gasteiger partial charge in [0.2, 0.25) is 0 Å². The fourth-order valence-corrected chi connectivity index (χ4v) is 1.78. The minimum Gasteiger partial charge on any atom is -0.508 e. The fourth-order valence-electron chi connectivity index (χ4n) is 1.08. The molecule has 1 aromatic rings. The molecule has 0 bridgehead atoms. The summed E-state index contributed by atoms with van der Waals surface area (Å²) < 4.78 is 0.632. The maximum atomic E-state index is 10.4. The number of rotatable bonds is 2. The van der Waals surface area contributed by atoms with Crippen LogP contribution in [0.15, 0.2) is 16.6 Å². The number of aromatic hydroxyl groups is 1. The Kier molecular flexibility index (Phi) is 2.93. The Hall–Kier alpha value is -1.03. The molecule has 0 saturated carbocycles. The highest BCUT2D eigenvalue weighted by molar-refractivity contribution is 9.10. The first-order valence-electron chi connectivity index (χ1n) is 3.70. The topological polar surface area (TPSA) is 57.5 Å². The van der Waals surface area contributed by atoms with Crippen molar-refractivity contribution in [1.29, 1.82) is 0 Å². The predicted octanol–water partition coefficient (Wildman–Crippen LogP) is 2.09. The Balaban J connectivity index is 3.13. The quantitative estimate of drug-likeness (QED) is 0.838. The van der Waals surface area contributed by atoms with Gasteiger partial charge in [0.15, 0.2) is 0 Å². The van der Waals surface area contributed by atoms with E-state index in [-0.39, 0.29) is 12.2 Å². The third-order valence-electron chi connectivity index (χ3n) is 1.64. The van der Waals surface area contributed by atoms with E-state index in [1.807, 2.05) is 6.92 Å². The second-order valence-corrected chi connectivity index (χ2v) is 3.67. The van der Waals surface area contributed by atoms with Crippen LogP contribution in [0.25, 0.3) is 0 Å². The lowest BCUT2D eigenvalue weighted by Crippen LogP contribution is -2.01. The standard InChI is InChI=1S/C9H9BrO3/c1-5-2-7(10)6(4-9(12)13)8(11)3-5/h2-3,11H,4H2,1H3,(H,12,13). The molecule has 0 amide bonds. The Morgan fingerprint density at radius 2 is 2.15 bits per heavy atom. The second kappa shape index (κ2) is 3.79. The summed E-state index contributed by atoms with van der Waals surface area (Å²) in [5.41, 5.74) is 1.30. The normalized spacial score (nSPS) is 10.0. The molecule has 1 rings (SSSR count). The van der Waals surface area contributed by atoms with Gasteiger partial charge in [-0.3, -0.25) is 4.79 Å². The van der Waals surface area contributed by atoms with Gasteiger partial charge >= 0.3 is 5.97 Å². The number of halogens is 1. The summed E-state index contributed by atoms with van der Waals surface area (Å²) in [7, 11) is 0. The lowest BCUT2D eigenvalue weighted by atomic mass is 10.1. The van der Waals surface area contributed by atoms with Crippen LogP contribution in [0.4, 0.5) is 0 Å². The molecule has 13 heavy (non-hydrogen) atoms. The third-order valence-corrected chi connectivity index (χ3v) is 2.35. The Bertz CT molecular complexity index is 324. The van der Waals surface area contributed by atoms with Crippen molar-refractivity contribution in [2.24, 2.45) is 0 Å². The molecule has 0 saturated heterocycles. The number of hydrogen-bond acceptors (Lipinski definition) is 2. The van der Waals surface area contributed by atoms with Crippen molar-refractivity contribution in [3.8, 4) is 5.75 Å². The van der Waals surface area contributed by atoms with Gasteiger partial charge in [-0.05, 0) is 24.6 Å². The third kappa shape index (κ3) is 2.45. The van der Waals surface area contributed by atoms with Gasteiger partial charge in [-0.2, -0.15) is 0 Å². The number of phenolic OH excluding ortho intramolecular Hbond substituents is 1. The summed E-state index contributed by atoms with van der Waals surface area (Å²) in [6, 6.07) is 3.32. The molecule has 0 radical (unpaired) electrons. The second-order valence-electron chi connectivity index (χ2n) is 2.81. The van der Waals surface area contributed by atoms with Gasteiger partial charge < -0.3 is 10.2 Å². The summed E-state index contributed by atoms with van der Waals surface area (Å²) in [5.74, 6) is -0.936. The van der Waals surface area contributed by atoms with E-state index < -0.39 is 5.97 Å². The summed E-state index contributed by atoms with van der Waals surface area (Å²) in [4.78, 5) is 10.4. The Morgan fingerprint density at radius 3 is 2.62 bits per heavy atom. The van der Waals surface area contributed by atoms with Crippen LogP contribution in [-0.4, -0.2) is 16.2 Å². The molecule has 0 unspecified atom stereocenters. The van der Waals surface area contributed by atoms with E-state index in [1.54, 1.807) is 12.1 Å². The van der Waals surface area contributed by atoms with Crippen LogP contribution in [0.5, 0.6) is 5.75 Å². The van der Waals surface area contributed by atoms with E-state index in [9.17, 15) is 9.90 Å². The van der Waals surface area contributed by atoms with E-state index in [2.05, 4.69) is 15.9 Å². The average molecular weight is 245 g/mol. The van der Waals surface area contributed by atoms with Gasteiger partial charge in [0.1, 0.15) is 5.75 Å². The molecule has 0 spiro atoms. The number of benzene rings is 1. The zero-order valence-electron chi connectivity index (χ0n) is 7.04. The Labute approximate surface area is 84.1 Å². The first-order chi connectivity index (χ1) is 6.00. The van der Waals surface area contributed by atoms with Crippen molar-refractivity contribution in [3.05, 3.63) is 27.7 Å². The summed E-state index contributed by atoms with van der Waals surface area (Å²) in [5, 5.41) is 18.0. The van der Waals surface area contributed by atoms with Crippen molar-refractivity contribution >= 4 is 21.9 Å². The fraction of sp³-hybridized carbons (Fsp3) is 0.222. The Morgan fingerprint density at radius 1 is 1.54 bits per heavy atom. The molecule has 2 N–H and O–H groups in total. The van der Waals surface area contributed by atoms with Crippen LogP contribution in [0.3, 0.4) is 0 Å². The molecule has 0 aromatic heterocycles. The lowest BCUT2D eigenvalue weighted by Gasteiger charge is -2.05. The number of carboxylic acid groups (broad SMARTS) is 1. The molecule has 0 heterocycles. The SMILES string of the molecule is Cc1cc(O)c(CC(=O)O)c(Br)c1. The number of phenols is 1. The molecule has 4 heteroatoms. The van der Waals surface area contributed by atoms with Crippen molar-refractivity contribution in [2.45, 2.75) is 13.3 Å². The molecule has 3 nitrogen and oxygen atoms in total. The van der Waals surface area contributed by atoms with Crippen molar-refractivity contribution in [1.82, 2.24) is 0 Å². The van der Waals surface area contributed by atoms with Gasteiger partial charge in [-0.15, -0.1) is 0 Å². The van der Waals surface area contributed by atoms with Gasteiger partial charge in [-0.1, -0.05) is 15.9 Å². The highest BCUT2D eigenvalue weighted by atomic mass is 79.9. The maximum absolute atomic E-state index is 10.4. The van der Waals surface area contributed by atoms with Crippen molar-refractivity contribution in [2.75, 3.05) is 0 Å². The van der Waals surface area contributed by atoms with Crippen LogP contribution in [0.2, 0.25) is 0 Å². The molecule has 0 aliphatic heterocycles. The number of carboxylic acids is 1. The van der Waals surface area contributed by atoms with Crippen molar-refractivity contribution in [3.63, 3.8) is 0 Å². The van der Waals surface area contributed by atoms with E-state index in [0.29, 0.717) is 10.0 Å². The zero-order chi connectivity index (χ0) is 10.0. The molecule has 70 valence electrons. The molecule has 1 aromatic carbocycles. The van der Waals surface area contributed by atoms with Crippen LogP contribution in [0.1, 0.15) is 11.1 Å². The minimum absolute atomic E-state index is 0.0225. The van der Waals surface area contributed by atoms with Crippen LogP contribution < -0.4 is 0 Å². The monoisotopic (exact) mass is 244 g/mol. The smallest absolute Gasteiger partial charge is 0.308 e. The first kappa shape index (κ1) is 10.1. The van der Waals surface area contributed by atoms with Crippen LogP contribution in [0, 0.1) is 6.92 Å². The molecule has 0 aliphatic carbocycles. The predicted molar refractivity (Wildman–Crippen MR) is 51.9 cm³/mol. The number of carbonyl (C=O) groups is 1. The van der Waals surface area contributed by atoms with Crippen LogP contribution in [-0.2, 0) is 11.2 Å². The van der Waals surface area contributed by atoms with Gasteiger partial charge in [0.05, 0.1) is 6.42 Å². The maximum Gasteiger partial charge on any atom is 0.308 e. The number of aryl methyl sites for hydroxylation is 1. The molecule has 0 fully saturated rings. The molecular weight excluding hydrogens is 236 g/mol. The summed E-state index contributed by atoms with van der Waals surface area (Å²) >= 11 is 3.20. The van der Waals surface area contributed by atoms with Gasteiger partial charge in [0, 0.05) is 10.0 Å². The highest BCUT2D eigenvalue weighted by Gasteiger charge is 2.10. The largest absolute Gasteiger partial charge is 0.508 e. The summed E-state index contributed by atoms with van der Waals surface area (Å²) in [6.07, 6.45) is -0.174. The molecule has 0 atom stereocenters. The molecular formula is C9H9BrO3. The lowest BCUT2D eigenvalue weighted by molar-refractivity contribution is -0.136. The van der Waals surface area contributed by atoms with E-state index in [4.69, 9.17) is 5.11 Å². The van der Waals surface area contributed by atoms with Crippen LogP contribution >= 0.6 is 15.9 Å². The van der Waals surface area contributed by atoms with E-state index in [1.165, 1.54) is 0 Å². The van der Waals surface area contributed by atoms with Gasteiger partial charge in [-0.25, -0.2) is 0 Å². The minimum atomic E-state index is -0.958. The van der Waals surface area contributed by atoms with Gasteiger partial charge in [0.25, 0.3) is 0 Å². The number of aliphatic carboxylic acids is 1.